The normalized spacial score (nSPS) is 23.5. The van der Waals surface area contributed by atoms with Crippen molar-refractivity contribution >= 4 is 5.91 Å². The molecule has 0 radical (unpaired) electrons. The summed E-state index contributed by atoms with van der Waals surface area (Å²) in [6, 6.07) is 18.5. The number of fused-ring (bicyclic) bond motifs is 2. The first kappa shape index (κ1) is 18.2. The van der Waals surface area contributed by atoms with E-state index < -0.39 is 0 Å². The van der Waals surface area contributed by atoms with Crippen molar-refractivity contribution in [1.29, 1.82) is 0 Å². The lowest BCUT2D eigenvalue weighted by Gasteiger charge is -2.20. The second kappa shape index (κ2) is 8.71. The Morgan fingerprint density at radius 2 is 1.70 bits per heavy atom. The van der Waals surface area contributed by atoms with Gasteiger partial charge in [-0.25, -0.2) is 0 Å². The van der Waals surface area contributed by atoms with Gasteiger partial charge in [0, 0.05) is 13.0 Å². The Kier molecular flexibility index (Phi) is 5.88. The summed E-state index contributed by atoms with van der Waals surface area (Å²) in [4.78, 5) is 12.3. The fourth-order valence-corrected chi connectivity index (χ4v) is 4.83. The van der Waals surface area contributed by atoms with Crippen molar-refractivity contribution in [3.05, 3.63) is 71.3 Å². The maximum absolute atomic E-state index is 12.3. The molecule has 2 fully saturated rings. The highest BCUT2D eigenvalue weighted by Crippen LogP contribution is 2.49. The van der Waals surface area contributed by atoms with Crippen LogP contribution in [0.5, 0.6) is 0 Å². The van der Waals surface area contributed by atoms with Crippen molar-refractivity contribution in [3.8, 4) is 0 Å². The van der Waals surface area contributed by atoms with Crippen LogP contribution in [-0.4, -0.2) is 5.91 Å². The third-order valence-corrected chi connectivity index (χ3v) is 6.19. The van der Waals surface area contributed by atoms with E-state index in [0.29, 0.717) is 32.1 Å². The maximum atomic E-state index is 12.3. The third-order valence-electron chi connectivity index (χ3n) is 6.19. The highest BCUT2D eigenvalue weighted by atomic mass is 16.5. The average Bonchev–Trinajstić information content (AvgIpc) is 3.31. The molecule has 3 nitrogen and oxygen atoms in total. The van der Waals surface area contributed by atoms with Gasteiger partial charge < -0.3 is 10.1 Å². The van der Waals surface area contributed by atoms with Crippen LogP contribution in [0.4, 0.5) is 0 Å². The molecule has 2 aliphatic rings. The van der Waals surface area contributed by atoms with Gasteiger partial charge in [0.15, 0.2) is 0 Å². The van der Waals surface area contributed by atoms with E-state index in [4.69, 9.17) is 4.74 Å². The van der Waals surface area contributed by atoms with Crippen LogP contribution in [0.25, 0.3) is 0 Å². The molecule has 0 aromatic heterocycles. The predicted octanol–water partition coefficient (Wildman–Crippen LogP) is 4.85. The van der Waals surface area contributed by atoms with Gasteiger partial charge in [-0.2, -0.15) is 0 Å². The molecular weight excluding hydrogens is 334 g/mol. The van der Waals surface area contributed by atoms with Crippen LogP contribution in [-0.2, 0) is 29.3 Å². The quantitative estimate of drug-likeness (QED) is 0.728. The molecule has 3 atom stereocenters. The SMILES string of the molecule is O=C(CC1CC2CCC1C2)NCc1cccc(COCc2ccccc2)c1. The third kappa shape index (κ3) is 4.98. The van der Waals surface area contributed by atoms with Crippen LogP contribution in [0.3, 0.4) is 0 Å². The Hall–Kier alpha value is -2.13. The largest absolute Gasteiger partial charge is 0.372 e. The van der Waals surface area contributed by atoms with E-state index in [0.717, 1.165) is 23.0 Å². The molecule has 27 heavy (non-hydrogen) atoms. The van der Waals surface area contributed by atoms with Crippen LogP contribution in [0.2, 0.25) is 0 Å². The van der Waals surface area contributed by atoms with E-state index in [1.807, 2.05) is 24.3 Å². The first-order valence-electron chi connectivity index (χ1n) is 10.2. The van der Waals surface area contributed by atoms with Crippen LogP contribution in [0, 0.1) is 17.8 Å². The number of hydrogen-bond donors (Lipinski definition) is 1. The Balaban J connectivity index is 1.21. The summed E-state index contributed by atoms with van der Waals surface area (Å²) in [6.45, 7) is 1.80. The minimum absolute atomic E-state index is 0.207. The van der Waals surface area contributed by atoms with Crippen molar-refractivity contribution in [1.82, 2.24) is 5.32 Å². The van der Waals surface area contributed by atoms with Gasteiger partial charge in [-0.15, -0.1) is 0 Å². The molecule has 3 unspecified atom stereocenters. The predicted molar refractivity (Wildman–Crippen MR) is 107 cm³/mol. The standard InChI is InChI=1S/C24H29NO2/c26-24(14-23-13-19-9-10-22(23)12-19)25-15-20-7-4-8-21(11-20)17-27-16-18-5-2-1-3-6-18/h1-8,11,19,22-23H,9-10,12-17H2,(H,25,26). The Bertz CT molecular complexity index is 758. The van der Waals surface area contributed by atoms with Gasteiger partial charge in [0.2, 0.25) is 5.91 Å². The van der Waals surface area contributed by atoms with Gasteiger partial charge in [-0.1, -0.05) is 61.0 Å². The molecule has 1 amide bonds. The van der Waals surface area contributed by atoms with Crippen LogP contribution in [0.1, 0.15) is 48.8 Å². The smallest absolute Gasteiger partial charge is 0.220 e. The van der Waals surface area contributed by atoms with E-state index >= 15 is 0 Å². The number of benzene rings is 2. The van der Waals surface area contributed by atoms with Gasteiger partial charge in [0.25, 0.3) is 0 Å². The highest BCUT2D eigenvalue weighted by Gasteiger charge is 2.39. The van der Waals surface area contributed by atoms with Gasteiger partial charge in [-0.05, 0) is 53.7 Å². The second-order valence-electron chi connectivity index (χ2n) is 8.21. The molecule has 0 heterocycles. The molecule has 2 aromatic rings. The summed E-state index contributed by atoms with van der Waals surface area (Å²) in [6.07, 6.45) is 6.08. The first-order chi connectivity index (χ1) is 13.3. The highest BCUT2D eigenvalue weighted by molar-refractivity contribution is 5.76. The van der Waals surface area contributed by atoms with E-state index in [1.165, 1.54) is 31.2 Å². The Morgan fingerprint density at radius 1 is 0.926 bits per heavy atom. The van der Waals surface area contributed by atoms with Crippen LogP contribution >= 0.6 is 0 Å². The lowest BCUT2D eigenvalue weighted by molar-refractivity contribution is -0.122. The summed E-state index contributed by atoms with van der Waals surface area (Å²) >= 11 is 0. The number of hydrogen-bond acceptors (Lipinski definition) is 2. The van der Waals surface area contributed by atoms with Crippen molar-refractivity contribution in [3.63, 3.8) is 0 Å². The monoisotopic (exact) mass is 363 g/mol. The van der Waals surface area contributed by atoms with Gasteiger partial charge >= 0.3 is 0 Å². The molecule has 3 heteroatoms. The second-order valence-corrected chi connectivity index (χ2v) is 8.21. The van der Waals surface area contributed by atoms with Crippen LogP contribution < -0.4 is 5.32 Å². The van der Waals surface area contributed by atoms with Crippen molar-refractivity contribution in [2.24, 2.45) is 17.8 Å². The van der Waals surface area contributed by atoms with Crippen molar-refractivity contribution in [2.75, 3.05) is 0 Å². The summed E-state index contributed by atoms with van der Waals surface area (Å²) in [5.41, 5.74) is 3.46. The number of ether oxygens (including phenoxy) is 1. The minimum atomic E-state index is 0.207. The minimum Gasteiger partial charge on any atom is -0.372 e. The molecule has 2 aliphatic carbocycles. The number of nitrogens with one attached hydrogen (secondary N) is 1. The maximum Gasteiger partial charge on any atom is 0.220 e. The first-order valence-corrected chi connectivity index (χ1v) is 10.2. The fraction of sp³-hybridized carbons (Fsp3) is 0.458. The van der Waals surface area contributed by atoms with E-state index in [1.54, 1.807) is 0 Å². The van der Waals surface area contributed by atoms with Crippen molar-refractivity contribution in [2.45, 2.75) is 51.9 Å². The molecule has 0 aliphatic heterocycles. The Morgan fingerprint density at radius 3 is 2.48 bits per heavy atom. The molecule has 2 saturated carbocycles. The average molecular weight is 364 g/mol. The topological polar surface area (TPSA) is 38.3 Å². The summed E-state index contributed by atoms with van der Waals surface area (Å²) in [5, 5.41) is 3.11. The number of carbonyl (C=O) groups excluding carboxylic acids is 1. The molecule has 1 N–H and O–H groups in total. The van der Waals surface area contributed by atoms with E-state index in [2.05, 4.69) is 35.6 Å². The van der Waals surface area contributed by atoms with Crippen molar-refractivity contribution < 1.29 is 9.53 Å². The molecule has 4 rings (SSSR count). The van der Waals surface area contributed by atoms with Gasteiger partial charge in [-0.3, -0.25) is 4.79 Å². The van der Waals surface area contributed by atoms with Gasteiger partial charge in [0.1, 0.15) is 0 Å². The van der Waals surface area contributed by atoms with E-state index in [-0.39, 0.29) is 5.91 Å². The zero-order chi connectivity index (χ0) is 18.5. The van der Waals surface area contributed by atoms with Gasteiger partial charge in [0.05, 0.1) is 13.2 Å². The summed E-state index contributed by atoms with van der Waals surface area (Å²) in [5.74, 6) is 2.55. The molecular formula is C24H29NO2. The summed E-state index contributed by atoms with van der Waals surface area (Å²) in [7, 11) is 0. The number of amides is 1. The molecule has 2 aromatic carbocycles. The zero-order valence-electron chi connectivity index (χ0n) is 15.9. The van der Waals surface area contributed by atoms with Crippen LogP contribution in [0.15, 0.2) is 54.6 Å². The molecule has 2 bridgehead atoms. The van der Waals surface area contributed by atoms with E-state index in [9.17, 15) is 4.79 Å². The lowest BCUT2D eigenvalue weighted by Crippen LogP contribution is -2.26. The summed E-state index contributed by atoms with van der Waals surface area (Å²) < 4.78 is 5.82. The molecule has 142 valence electrons. The zero-order valence-corrected chi connectivity index (χ0v) is 15.9. The molecule has 0 spiro atoms. The number of rotatable bonds is 8. The number of carbonyl (C=O) groups is 1. The fourth-order valence-electron chi connectivity index (χ4n) is 4.83. The Labute approximate surface area is 162 Å². The molecule has 0 saturated heterocycles. The lowest BCUT2D eigenvalue weighted by atomic mass is 9.86.